The van der Waals surface area contributed by atoms with Crippen LogP contribution in [0, 0.1) is 9.39 Å². The Labute approximate surface area is 129 Å². The molecule has 1 aromatic heterocycles. The summed E-state index contributed by atoms with van der Waals surface area (Å²) in [5.74, 6) is -1.57. The van der Waals surface area contributed by atoms with Crippen molar-refractivity contribution in [2.24, 2.45) is 0 Å². The number of benzene rings is 1. The molecule has 0 fully saturated rings. The summed E-state index contributed by atoms with van der Waals surface area (Å²) >= 11 is 11.2. The molecule has 18 heavy (non-hydrogen) atoms. The molecule has 1 N–H and O–H groups in total. The van der Waals surface area contributed by atoms with Crippen LogP contribution in [-0.2, 0) is 0 Å². The Hall–Kier alpha value is -0.600. The van der Waals surface area contributed by atoms with E-state index in [1.807, 2.05) is 22.6 Å². The van der Waals surface area contributed by atoms with Gasteiger partial charge in [0, 0.05) is 14.2 Å². The third kappa shape index (κ3) is 2.55. The first-order chi connectivity index (χ1) is 8.40. The van der Waals surface area contributed by atoms with Crippen LogP contribution in [0.2, 0.25) is 5.02 Å². The molecule has 7 heteroatoms. The Morgan fingerprint density at radius 3 is 2.67 bits per heavy atom. The number of aromatic nitrogens is 1. The fourth-order valence-electron chi connectivity index (χ4n) is 1.54. The highest BCUT2D eigenvalue weighted by molar-refractivity contribution is 14.1. The van der Waals surface area contributed by atoms with E-state index >= 15 is 0 Å². The predicted octanol–water partition coefficient (Wildman–Crippen LogP) is 4.34. The van der Waals surface area contributed by atoms with Crippen LogP contribution in [-0.4, -0.2) is 15.6 Å². The molecule has 0 spiro atoms. The van der Waals surface area contributed by atoms with Gasteiger partial charge in [0.1, 0.15) is 11.5 Å². The summed E-state index contributed by atoms with van der Waals surface area (Å²) in [5.41, 5.74) is 0.465. The molecule has 0 aliphatic rings. The summed E-state index contributed by atoms with van der Waals surface area (Å²) in [6.07, 6.45) is 1.62. The zero-order valence-electron chi connectivity index (χ0n) is 8.62. The molecule has 0 amide bonds. The molecule has 2 aromatic rings. The van der Waals surface area contributed by atoms with E-state index in [1.165, 1.54) is 16.7 Å². The fourth-order valence-corrected chi connectivity index (χ4v) is 3.15. The van der Waals surface area contributed by atoms with Gasteiger partial charge in [0.15, 0.2) is 0 Å². The number of carbonyl (C=O) groups is 1. The van der Waals surface area contributed by atoms with Crippen LogP contribution in [0.25, 0.3) is 5.69 Å². The lowest BCUT2D eigenvalue weighted by atomic mass is 10.3. The van der Waals surface area contributed by atoms with Gasteiger partial charge in [-0.3, -0.25) is 0 Å². The molecule has 1 aromatic carbocycles. The van der Waals surface area contributed by atoms with Gasteiger partial charge >= 0.3 is 5.97 Å². The van der Waals surface area contributed by atoms with Crippen molar-refractivity contribution < 1.29 is 14.3 Å². The van der Waals surface area contributed by atoms with Crippen LogP contribution in [0.4, 0.5) is 4.39 Å². The van der Waals surface area contributed by atoms with Crippen LogP contribution in [0.5, 0.6) is 0 Å². The zero-order valence-corrected chi connectivity index (χ0v) is 13.1. The van der Waals surface area contributed by atoms with E-state index < -0.39 is 11.8 Å². The highest BCUT2D eigenvalue weighted by Crippen LogP contribution is 2.32. The molecule has 0 saturated carbocycles. The maximum absolute atomic E-state index is 13.1. The summed E-state index contributed by atoms with van der Waals surface area (Å²) in [6.45, 7) is 0. The largest absolute Gasteiger partial charge is 0.477 e. The van der Waals surface area contributed by atoms with E-state index in [0.717, 1.165) is 9.64 Å². The number of aromatic carboxylic acids is 1. The second-order valence-electron chi connectivity index (χ2n) is 3.44. The Morgan fingerprint density at radius 2 is 2.11 bits per heavy atom. The second-order valence-corrected chi connectivity index (χ2v) is 5.94. The van der Waals surface area contributed by atoms with Gasteiger partial charge < -0.3 is 9.67 Å². The first-order valence-corrected chi connectivity index (χ1v) is 6.91. The molecule has 0 atom stereocenters. The Morgan fingerprint density at radius 1 is 1.44 bits per heavy atom. The number of rotatable bonds is 2. The quantitative estimate of drug-likeness (QED) is 0.701. The molecule has 0 radical (unpaired) electrons. The van der Waals surface area contributed by atoms with Gasteiger partial charge in [-0.05, 0) is 56.7 Å². The Kier molecular flexibility index (Phi) is 3.98. The van der Waals surface area contributed by atoms with Gasteiger partial charge in [-0.15, -0.1) is 0 Å². The first-order valence-electron chi connectivity index (χ1n) is 4.66. The summed E-state index contributed by atoms with van der Waals surface area (Å²) in [5, 5.41) is 9.26. The van der Waals surface area contributed by atoms with E-state index in [9.17, 15) is 9.18 Å². The van der Waals surface area contributed by atoms with Crippen LogP contribution in [0.15, 0.2) is 28.9 Å². The summed E-state index contributed by atoms with van der Waals surface area (Å²) in [6, 6.07) is 3.88. The molecule has 0 aliphatic carbocycles. The monoisotopic (exact) mass is 443 g/mol. The normalized spacial score (nSPS) is 10.7. The average molecular weight is 444 g/mol. The molecule has 94 valence electrons. The number of carboxylic acids is 1. The van der Waals surface area contributed by atoms with Crippen molar-refractivity contribution in [3.8, 4) is 5.69 Å². The molecule has 0 saturated heterocycles. The van der Waals surface area contributed by atoms with Crippen molar-refractivity contribution in [3.05, 3.63) is 49.0 Å². The highest BCUT2D eigenvalue weighted by atomic mass is 127. The standard InChI is InChI=1S/C11H5BrClFINO2/c12-7-1-5(14)2-8(13)10(7)16-4-6(15)3-9(16)11(17)18/h1-4H,(H,17,18). The number of hydrogen-bond donors (Lipinski definition) is 1. The predicted molar refractivity (Wildman–Crippen MR) is 78.1 cm³/mol. The fraction of sp³-hybridized carbons (Fsp3) is 0. The third-order valence-electron chi connectivity index (χ3n) is 2.23. The van der Waals surface area contributed by atoms with Crippen LogP contribution in [0.1, 0.15) is 10.5 Å². The van der Waals surface area contributed by atoms with E-state index in [4.69, 9.17) is 16.7 Å². The molecule has 3 nitrogen and oxygen atoms in total. The lowest BCUT2D eigenvalue weighted by molar-refractivity contribution is 0.0688. The average Bonchev–Trinajstić information content (AvgIpc) is 2.58. The van der Waals surface area contributed by atoms with Crippen LogP contribution < -0.4 is 0 Å². The van der Waals surface area contributed by atoms with Crippen molar-refractivity contribution in [1.82, 2.24) is 4.57 Å². The molecule has 1 heterocycles. The van der Waals surface area contributed by atoms with Gasteiger partial charge in [0.05, 0.1) is 10.7 Å². The smallest absolute Gasteiger partial charge is 0.352 e. The molecule has 0 unspecified atom stereocenters. The SMILES string of the molecule is O=C(O)c1cc(I)cn1-c1c(Cl)cc(F)cc1Br. The minimum atomic E-state index is -1.08. The topological polar surface area (TPSA) is 42.2 Å². The van der Waals surface area contributed by atoms with Crippen molar-refractivity contribution >= 4 is 56.1 Å². The molecule has 0 bridgehead atoms. The van der Waals surface area contributed by atoms with Gasteiger partial charge in [-0.2, -0.15) is 0 Å². The van der Waals surface area contributed by atoms with Crippen molar-refractivity contribution in [2.75, 3.05) is 0 Å². The number of hydrogen-bond acceptors (Lipinski definition) is 1. The van der Waals surface area contributed by atoms with Crippen LogP contribution in [0.3, 0.4) is 0 Å². The summed E-state index contributed by atoms with van der Waals surface area (Å²) in [7, 11) is 0. The summed E-state index contributed by atoms with van der Waals surface area (Å²) in [4.78, 5) is 11.1. The number of nitrogens with zero attached hydrogens (tertiary/aromatic N) is 1. The Balaban J connectivity index is 2.73. The van der Waals surface area contributed by atoms with Crippen LogP contribution >= 0.6 is 50.1 Å². The molecular weight excluding hydrogens is 439 g/mol. The lowest BCUT2D eigenvalue weighted by Gasteiger charge is -2.11. The maximum Gasteiger partial charge on any atom is 0.352 e. The molecular formula is C11H5BrClFINO2. The maximum atomic E-state index is 13.1. The first kappa shape index (κ1) is 13.8. The van der Waals surface area contributed by atoms with Gasteiger partial charge in [0.2, 0.25) is 0 Å². The summed E-state index contributed by atoms with van der Waals surface area (Å²) < 4.78 is 15.7. The van der Waals surface area contributed by atoms with E-state index in [0.29, 0.717) is 10.2 Å². The van der Waals surface area contributed by atoms with Crippen molar-refractivity contribution in [3.63, 3.8) is 0 Å². The van der Waals surface area contributed by atoms with Crippen molar-refractivity contribution in [1.29, 1.82) is 0 Å². The minimum Gasteiger partial charge on any atom is -0.477 e. The van der Waals surface area contributed by atoms with Gasteiger partial charge in [0.25, 0.3) is 0 Å². The minimum absolute atomic E-state index is 0.0635. The Bertz CT molecular complexity index is 621. The number of halogens is 4. The van der Waals surface area contributed by atoms with E-state index in [-0.39, 0.29) is 10.7 Å². The van der Waals surface area contributed by atoms with E-state index in [1.54, 1.807) is 6.20 Å². The molecule has 2 rings (SSSR count). The third-order valence-corrected chi connectivity index (χ3v) is 3.71. The van der Waals surface area contributed by atoms with Gasteiger partial charge in [-0.1, -0.05) is 11.6 Å². The molecule has 0 aliphatic heterocycles. The highest BCUT2D eigenvalue weighted by Gasteiger charge is 2.17. The van der Waals surface area contributed by atoms with Crippen molar-refractivity contribution in [2.45, 2.75) is 0 Å². The van der Waals surface area contributed by atoms with Gasteiger partial charge in [-0.25, -0.2) is 9.18 Å². The lowest BCUT2D eigenvalue weighted by Crippen LogP contribution is -2.07. The van der Waals surface area contributed by atoms with E-state index in [2.05, 4.69) is 15.9 Å². The zero-order chi connectivity index (χ0) is 13.4. The number of carboxylic acid groups (broad SMARTS) is 1. The second kappa shape index (κ2) is 5.18.